The molecule has 1 atom stereocenters. The molecule has 0 spiro atoms. The number of carbonyl (C=O) groups excluding carboxylic acids is 1. The fraction of sp³-hybridized carbons (Fsp3) is 0.350. The van der Waals surface area contributed by atoms with Crippen molar-refractivity contribution in [2.24, 2.45) is 0 Å². The summed E-state index contributed by atoms with van der Waals surface area (Å²) in [5.74, 6) is -0.741. The molecular weight excluding hydrogens is 403 g/mol. The van der Waals surface area contributed by atoms with E-state index in [9.17, 15) is 17.6 Å². The van der Waals surface area contributed by atoms with Crippen LogP contribution in [0.1, 0.15) is 30.4 Å². The Labute approximate surface area is 169 Å². The van der Waals surface area contributed by atoms with E-state index in [4.69, 9.17) is 11.6 Å². The van der Waals surface area contributed by atoms with Gasteiger partial charge in [-0.25, -0.2) is 12.8 Å². The molecule has 0 aliphatic carbocycles. The van der Waals surface area contributed by atoms with Crippen molar-refractivity contribution >= 4 is 27.5 Å². The van der Waals surface area contributed by atoms with Gasteiger partial charge in [-0.2, -0.15) is 4.31 Å². The van der Waals surface area contributed by atoms with Crippen molar-refractivity contribution in [2.45, 2.75) is 43.7 Å². The Balaban J connectivity index is 2.03. The Bertz CT molecular complexity index is 964. The predicted molar refractivity (Wildman–Crippen MR) is 106 cm³/mol. The van der Waals surface area contributed by atoms with Crippen LogP contribution in [0.15, 0.2) is 47.4 Å². The number of benzene rings is 2. The van der Waals surface area contributed by atoms with Gasteiger partial charge in [-0.15, -0.1) is 0 Å². The summed E-state index contributed by atoms with van der Waals surface area (Å²) >= 11 is 5.88. The van der Waals surface area contributed by atoms with E-state index in [0.29, 0.717) is 29.1 Å². The van der Waals surface area contributed by atoms with E-state index in [1.165, 1.54) is 34.6 Å². The van der Waals surface area contributed by atoms with E-state index >= 15 is 0 Å². The molecule has 1 aliphatic rings. The standard InChI is InChI=1S/C20H22ClFN2O3S/c1-14-5-6-15(12-18(14)22)13-24(19-4-2-3-11-23-20(19)25)28(26,27)17-9-7-16(21)8-10-17/h5-10,12,19H,2-4,11,13H2,1H3,(H,23,25). The van der Waals surface area contributed by atoms with Gasteiger partial charge in [0.15, 0.2) is 0 Å². The van der Waals surface area contributed by atoms with E-state index in [1.807, 2.05) is 0 Å². The van der Waals surface area contributed by atoms with Crippen molar-refractivity contribution in [3.05, 3.63) is 64.4 Å². The van der Waals surface area contributed by atoms with Crippen molar-refractivity contribution in [1.82, 2.24) is 9.62 Å². The first-order valence-electron chi connectivity index (χ1n) is 9.09. The van der Waals surface area contributed by atoms with Gasteiger partial charge in [0, 0.05) is 18.1 Å². The van der Waals surface area contributed by atoms with E-state index < -0.39 is 21.9 Å². The number of amides is 1. The molecule has 1 N–H and O–H groups in total. The topological polar surface area (TPSA) is 66.5 Å². The van der Waals surface area contributed by atoms with Gasteiger partial charge in [-0.05, 0) is 67.6 Å². The maximum atomic E-state index is 14.0. The molecule has 1 fully saturated rings. The van der Waals surface area contributed by atoms with Crippen LogP contribution in [0.5, 0.6) is 0 Å². The summed E-state index contributed by atoms with van der Waals surface area (Å²) < 4.78 is 41.9. The first kappa shape index (κ1) is 20.8. The third kappa shape index (κ3) is 4.54. The minimum absolute atomic E-state index is 0.0431. The summed E-state index contributed by atoms with van der Waals surface area (Å²) in [5, 5.41) is 3.19. The summed E-state index contributed by atoms with van der Waals surface area (Å²) in [5.41, 5.74) is 0.959. The van der Waals surface area contributed by atoms with Crippen molar-refractivity contribution in [2.75, 3.05) is 6.54 Å². The Kier molecular flexibility index (Phi) is 6.37. The number of halogens is 2. The van der Waals surface area contributed by atoms with Crippen LogP contribution in [0.3, 0.4) is 0 Å². The van der Waals surface area contributed by atoms with Crippen LogP contribution in [0.25, 0.3) is 0 Å². The van der Waals surface area contributed by atoms with E-state index in [0.717, 1.165) is 12.8 Å². The highest BCUT2D eigenvalue weighted by Gasteiger charge is 2.36. The van der Waals surface area contributed by atoms with Crippen LogP contribution < -0.4 is 5.32 Å². The molecule has 0 bridgehead atoms. The zero-order valence-corrected chi connectivity index (χ0v) is 17.1. The van der Waals surface area contributed by atoms with Gasteiger partial charge in [0.1, 0.15) is 11.9 Å². The fourth-order valence-electron chi connectivity index (χ4n) is 3.22. The Morgan fingerprint density at radius 3 is 2.57 bits per heavy atom. The van der Waals surface area contributed by atoms with Crippen LogP contribution in [-0.4, -0.2) is 31.2 Å². The first-order chi connectivity index (χ1) is 13.3. The van der Waals surface area contributed by atoms with Crippen LogP contribution >= 0.6 is 11.6 Å². The van der Waals surface area contributed by atoms with Crippen molar-refractivity contribution in [3.63, 3.8) is 0 Å². The summed E-state index contributed by atoms with van der Waals surface area (Å²) in [4.78, 5) is 12.6. The average Bonchev–Trinajstić information content (AvgIpc) is 2.87. The quantitative estimate of drug-likeness (QED) is 0.796. The molecule has 28 heavy (non-hydrogen) atoms. The zero-order valence-electron chi connectivity index (χ0n) is 15.5. The molecule has 3 rings (SSSR count). The highest BCUT2D eigenvalue weighted by atomic mass is 35.5. The molecule has 1 unspecified atom stereocenters. The molecular formula is C20H22ClFN2O3S. The molecule has 5 nitrogen and oxygen atoms in total. The third-order valence-electron chi connectivity index (χ3n) is 4.85. The lowest BCUT2D eigenvalue weighted by Gasteiger charge is -2.29. The Morgan fingerprint density at radius 1 is 1.18 bits per heavy atom. The second kappa shape index (κ2) is 8.59. The molecule has 0 aromatic heterocycles. The maximum absolute atomic E-state index is 14.0. The second-order valence-electron chi connectivity index (χ2n) is 6.89. The van der Waals surface area contributed by atoms with Gasteiger partial charge in [-0.1, -0.05) is 23.7 Å². The van der Waals surface area contributed by atoms with E-state index in [2.05, 4.69) is 5.32 Å². The number of hydrogen-bond acceptors (Lipinski definition) is 3. The van der Waals surface area contributed by atoms with Gasteiger partial charge in [-0.3, -0.25) is 4.79 Å². The summed E-state index contributed by atoms with van der Waals surface area (Å²) in [6.45, 7) is 2.06. The van der Waals surface area contributed by atoms with E-state index in [1.54, 1.807) is 19.1 Å². The molecule has 8 heteroatoms. The van der Waals surface area contributed by atoms with Crippen molar-refractivity contribution < 1.29 is 17.6 Å². The van der Waals surface area contributed by atoms with Gasteiger partial charge < -0.3 is 5.32 Å². The summed E-state index contributed by atoms with van der Waals surface area (Å²) in [6, 6.07) is 9.55. The molecule has 2 aromatic carbocycles. The molecule has 1 heterocycles. The highest BCUT2D eigenvalue weighted by Crippen LogP contribution is 2.26. The van der Waals surface area contributed by atoms with E-state index in [-0.39, 0.29) is 17.3 Å². The summed E-state index contributed by atoms with van der Waals surface area (Å²) in [7, 11) is -4.00. The lowest BCUT2D eigenvalue weighted by molar-refractivity contribution is -0.124. The van der Waals surface area contributed by atoms with Crippen molar-refractivity contribution in [1.29, 1.82) is 0 Å². The van der Waals surface area contributed by atoms with Gasteiger partial charge in [0.25, 0.3) is 0 Å². The molecule has 1 saturated heterocycles. The zero-order chi connectivity index (χ0) is 20.3. The third-order valence-corrected chi connectivity index (χ3v) is 6.97. The number of sulfonamides is 1. The van der Waals surface area contributed by atoms with Gasteiger partial charge in [0.05, 0.1) is 4.90 Å². The monoisotopic (exact) mass is 424 g/mol. The average molecular weight is 425 g/mol. The number of aryl methyl sites for hydroxylation is 1. The van der Waals surface area contributed by atoms with Crippen LogP contribution in [0.2, 0.25) is 5.02 Å². The van der Waals surface area contributed by atoms with Crippen molar-refractivity contribution in [3.8, 4) is 0 Å². The second-order valence-corrected chi connectivity index (χ2v) is 9.22. The lowest BCUT2D eigenvalue weighted by Crippen LogP contribution is -2.48. The minimum Gasteiger partial charge on any atom is -0.355 e. The molecule has 0 saturated carbocycles. The summed E-state index contributed by atoms with van der Waals surface area (Å²) in [6.07, 6.45) is 1.92. The van der Waals surface area contributed by atoms with Gasteiger partial charge in [0.2, 0.25) is 15.9 Å². The SMILES string of the molecule is Cc1ccc(CN(C2CCCCNC2=O)S(=O)(=O)c2ccc(Cl)cc2)cc1F. The van der Waals surface area contributed by atoms with Crippen LogP contribution in [0, 0.1) is 12.7 Å². The maximum Gasteiger partial charge on any atom is 0.244 e. The highest BCUT2D eigenvalue weighted by molar-refractivity contribution is 7.89. The van der Waals surface area contributed by atoms with Crippen LogP contribution in [-0.2, 0) is 21.4 Å². The Morgan fingerprint density at radius 2 is 1.89 bits per heavy atom. The smallest absolute Gasteiger partial charge is 0.244 e. The molecule has 2 aromatic rings. The normalized spacial score (nSPS) is 18.0. The number of nitrogens with zero attached hydrogens (tertiary/aromatic N) is 1. The minimum atomic E-state index is -4.00. The predicted octanol–water partition coefficient (Wildman–Crippen LogP) is 3.65. The number of rotatable bonds is 5. The Hall–Kier alpha value is -1.96. The molecule has 1 amide bonds. The molecule has 1 aliphatic heterocycles. The lowest BCUT2D eigenvalue weighted by atomic mass is 10.1. The molecule has 150 valence electrons. The first-order valence-corrected chi connectivity index (χ1v) is 10.9. The number of carbonyl (C=O) groups is 1. The fourth-order valence-corrected chi connectivity index (χ4v) is 4.95. The largest absolute Gasteiger partial charge is 0.355 e. The number of nitrogens with one attached hydrogen (secondary N) is 1. The molecule has 0 radical (unpaired) electrons. The van der Waals surface area contributed by atoms with Crippen LogP contribution in [0.4, 0.5) is 4.39 Å². The van der Waals surface area contributed by atoms with Gasteiger partial charge >= 0.3 is 0 Å². The number of hydrogen-bond donors (Lipinski definition) is 1.